The van der Waals surface area contributed by atoms with Crippen LogP contribution < -0.4 is 4.90 Å². The number of rotatable bonds is 6. The van der Waals surface area contributed by atoms with Crippen molar-refractivity contribution in [1.82, 2.24) is 4.57 Å². The molecule has 0 amide bonds. The predicted octanol–water partition coefficient (Wildman–Crippen LogP) is 15.0. The van der Waals surface area contributed by atoms with Gasteiger partial charge in [0, 0.05) is 33.5 Å². The van der Waals surface area contributed by atoms with Crippen molar-refractivity contribution in [2.24, 2.45) is 0 Å². The Balaban J connectivity index is 0.957. The van der Waals surface area contributed by atoms with E-state index in [4.69, 9.17) is 0 Å². The van der Waals surface area contributed by atoms with E-state index >= 15 is 0 Å². The first-order chi connectivity index (χ1) is 27.8. The van der Waals surface area contributed by atoms with Crippen LogP contribution in [-0.2, 0) is 0 Å². The molecule has 0 fully saturated rings. The maximum atomic E-state index is 2.37. The molecule has 11 aromatic rings. The van der Waals surface area contributed by atoms with E-state index in [1.54, 1.807) is 0 Å². The Bertz CT molecular complexity index is 3180. The number of benzene rings is 10. The molecule has 0 unspecified atom stereocenters. The Morgan fingerprint density at radius 3 is 1.23 bits per heavy atom. The monoisotopic (exact) mass is 712 g/mol. The van der Waals surface area contributed by atoms with Crippen molar-refractivity contribution in [3.8, 4) is 27.9 Å². The van der Waals surface area contributed by atoms with Crippen molar-refractivity contribution in [1.29, 1.82) is 0 Å². The van der Waals surface area contributed by atoms with Crippen LogP contribution in [0.5, 0.6) is 0 Å². The van der Waals surface area contributed by atoms with E-state index in [2.05, 4.69) is 228 Å². The fraction of sp³-hybridized carbons (Fsp3) is 0. The van der Waals surface area contributed by atoms with Crippen LogP contribution in [0, 0.1) is 0 Å². The Labute approximate surface area is 325 Å². The number of fused-ring (bicyclic) bond motifs is 9. The standard InChI is InChI=1S/C54H36N2/c1-3-13-41(14-4-1)55(43-29-23-37(24-30-43)39-27-33-49-47-19-8-7-17-45(47)46-18-9-10-20-48(46)51(49)35-39)44-31-25-38(26-32-44)40-28-34-54-52(36-40)50-21-11-12-22-53(50)56(54)42-15-5-2-6-16-42/h1-36H. The van der Waals surface area contributed by atoms with Crippen LogP contribution in [-0.4, -0.2) is 4.57 Å². The summed E-state index contributed by atoms with van der Waals surface area (Å²) in [6.07, 6.45) is 0. The van der Waals surface area contributed by atoms with E-state index in [9.17, 15) is 0 Å². The zero-order valence-electron chi connectivity index (χ0n) is 30.7. The average molecular weight is 713 g/mol. The zero-order chi connectivity index (χ0) is 37.0. The van der Waals surface area contributed by atoms with Crippen LogP contribution in [0.1, 0.15) is 0 Å². The van der Waals surface area contributed by atoms with Crippen LogP contribution in [0.4, 0.5) is 17.1 Å². The molecule has 0 aliphatic heterocycles. The van der Waals surface area contributed by atoms with Gasteiger partial charge in [-0.1, -0.05) is 146 Å². The Hall–Kier alpha value is -7.42. The first-order valence-corrected chi connectivity index (χ1v) is 19.3. The van der Waals surface area contributed by atoms with E-state index < -0.39 is 0 Å². The van der Waals surface area contributed by atoms with Gasteiger partial charge in [0.1, 0.15) is 0 Å². The molecule has 0 atom stereocenters. The normalized spacial score (nSPS) is 11.6. The maximum Gasteiger partial charge on any atom is 0.0541 e. The summed E-state index contributed by atoms with van der Waals surface area (Å²) < 4.78 is 2.37. The van der Waals surface area contributed by atoms with Gasteiger partial charge >= 0.3 is 0 Å². The number of anilines is 3. The van der Waals surface area contributed by atoms with Crippen molar-refractivity contribution in [3.63, 3.8) is 0 Å². The van der Waals surface area contributed by atoms with Gasteiger partial charge in [0.2, 0.25) is 0 Å². The first kappa shape index (κ1) is 32.0. The molecule has 262 valence electrons. The topological polar surface area (TPSA) is 8.17 Å². The van der Waals surface area contributed by atoms with Crippen LogP contribution >= 0.6 is 0 Å². The molecule has 11 rings (SSSR count). The molecule has 10 aromatic carbocycles. The third-order valence-corrected chi connectivity index (χ3v) is 11.4. The van der Waals surface area contributed by atoms with Crippen molar-refractivity contribution < 1.29 is 0 Å². The quantitative estimate of drug-likeness (QED) is 0.156. The highest BCUT2D eigenvalue weighted by Gasteiger charge is 2.16. The summed E-state index contributed by atoms with van der Waals surface area (Å²) in [5, 5.41) is 10.3. The molecule has 0 spiro atoms. The zero-order valence-corrected chi connectivity index (χ0v) is 30.7. The Morgan fingerprint density at radius 2 is 0.643 bits per heavy atom. The molecular weight excluding hydrogens is 677 g/mol. The maximum absolute atomic E-state index is 2.37. The van der Waals surface area contributed by atoms with E-state index in [-0.39, 0.29) is 0 Å². The lowest BCUT2D eigenvalue weighted by Crippen LogP contribution is -2.09. The lowest BCUT2D eigenvalue weighted by atomic mass is 9.92. The molecule has 0 N–H and O–H groups in total. The Morgan fingerprint density at radius 1 is 0.250 bits per heavy atom. The lowest BCUT2D eigenvalue weighted by Gasteiger charge is -2.26. The molecule has 0 saturated heterocycles. The van der Waals surface area contributed by atoms with Gasteiger partial charge in [-0.3, -0.25) is 0 Å². The van der Waals surface area contributed by atoms with E-state index in [1.807, 2.05) is 0 Å². The van der Waals surface area contributed by atoms with Crippen molar-refractivity contribution in [3.05, 3.63) is 218 Å². The summed E-state index contributed by atoms with van der Waals surface area (Å²) in [5.74, 6) is 0. The highest BCUT2D eigenvalue weighted by Crippen LogP contribution is 2.40. The third kappa shape index (κ3) is 5.26. The first-order valence-electron chi connectivity index (χ1n) is 19.3. The van der Waals surface area contributed by atoms with Crippen LogP contribution in [0.25, 0.3) is 82.1 Å². The highest BCUT2D eigenvalue weighted by molar-refractivity contribution is 6.25. The van der Waals surface area contributed by atoms with Gasteiger partial charge in [-0.15, -0.1) is 0 Å². The van der Waals surface area contributed by atoms with Gasteiger partial charge in [0.15, 0.2) is 0 Å². The third-order valence-electron chi connectivity index (χ3n) is 11.4. The van der Waals surface area contributed by atoms with Crippen LogP contribution in [0.3, 0.4) is 0 Å². The van der Waals surface area contributed by atoms with Gasteiger partial charge in [-0.2, -0.15) is 0 Å². The number of nitrogens with zero attached hydrogens (tertiary/aromatic N) is 2. The van der Waals surface area contributed by atoms with Gasteiger partial charge in [-0.25, -0.2) is 0 Å². The number of para-hydroxylation sites is 3. The average Bonchev–Trinajstić information content (AvgIpc) is 3.61. The van der Waals surface area contributed by atoms with Gasteiger partial charge in [-0.05, 0) is 127 Å². The smallest absolute Gasteiger partial charge is 0.0541 e. The minimum Gasteiger partial charge on any atom is -0.311 e. The summed E-state index contributed by atoms with van der Waals surface area (Å²) in [4.78, 5) is 2.34. The van der Waals surface area contributed by atoms with E-state index in [0.29, 0.717) is 0 Å². The molecule has 1 aromatic heterocycles. The fourth-order valence-electron chi connectivity index (χ4n) is 8.73. The Kier molecular flexibility index (Phi) is 7.53. The summed E-state index contributed by atoms with van der Waals surface area (Å²) >= 11 is 0. The van der Waals surface area contributed by atoms with E-state index in [0.717, 1.165) is 17.1 Å². The molecule has 0 saturated carbocycles. The van der Waals surface area contributed by atoms with Crippen molar-refractivity contribution in [2.45, 2.75) is 0 Å². The molecule has 0 aliphatic carbocycles. The molecule has 1 heterocycles. The molecule has 0 bridgehead atoms. The van der Waals surface area contributed by atoms with Crippen LogP contribution in [0.2, 0.25) is 0 Å². The summed E-state index contributed by atoms with van der Waals surface area (Å²) in [6, 6.07) is 79.3. The summed E-state index contributed by atoms with van der Waals surface area (Å²) in [7, 11) is 0. The molecule has 2 nitrogen and oxygen atoms in total. The second-order valence-corrected chi connectivity index (χ2v) is 14.5. The molecular formula is C54H36N2. The van der Waals surface area contributed by atoms with Crippen molar-refractivity contribution >= 4 is 71.2 Å². The van der Waals surface area contributed by atoms with Gasteiger partial charge in [0.25, 0.3) is 0 Å². The largest absolute Gasteiger partial charge is 0.311 e. The second kappa shape index (κ2) is 13.2. The van der Waals surface area contributed by atoms with Crippen LogP contribution in [0.15, 0.2) is 218 Å². The lowest BCUT2D eigenvalue weighted by molar-refractivity contribution is 1.18. The minimum absolute atomic E-state index is 1.11. The predicted molar refractivity (Wildman–Crippen MR) is 239 cm³/mol. The van der Waals surface area contributed by atoms with Gasteiger partial charge in [0.05, 0.1) is 11.0 Å². The fourth-order valence-corrected chi connectivity index (χ4v) is 8.73. The number of hydrogen-bond donors (Lipinski definition) is 0. The minimum atomic E-state index is 1.11. The molecule has 2 heteroatoms. The molecule has 0 radical (unpaired) electrons. The molecule has 0 aliphatic rings. The highest BCUT2D eigenvalue weighted by atomic mass is 15.1. The van der Waals surface area contributed by atoms with Gasteiger partial charge < -0.3 is 9.47 Å². The summed E-state index contributed by atoms with van der Waals surface area (Å²) in [5.41, 5.74) is 11.7. The SMILES string of the molecule is c1ccc(N(c2ccc(-c3ccc4c5ccccc5c5ccccc5c4c3)cc2)c2ccc(-c3ccc4c(c3)c3ccccc3n4-c3ccccc3)cc2)cc1. The number of hydrogen-bond acceptors (Lipinski definition) is 1. The number of aromatic nitrogens is 1. The van der Waals surface area contributed by atoms with Crippen molar-refractivity contribution in [2.75, 3.05) is 4.90 Å². The van der Waals surface area contributed by atoms with E-state index in [1.165, 1.54) is 82.1 Å². The second-order valence-electron chi connectivity index (χ2n) is 14.5. The molecule has 56 heavy (non-hydrogen) atoms. The summed E-state index contributed by atoms with van der Waals surface area (Å²) in [6.45, 7) is 0.